The highest BCUT2D eigenvalue weighted by Crippen LogP contribution is 2.24. The van der Waals surface area contributed by atoms with E-state index >= 15 is 0 Å². The van der Waals surface area contributed by atoms with E-state index in [-0.39, 0.29) is 12.0 Å². The summed E-state index contributed by atoms with van der Waals surface area (Å²) in [4.78, 5) is 22.0. The van der Waals surface area contributed by atoms with Gasteiger partial charge in [0.15, 0.2) is 0 Å². The Morgan fingerprint density at radius 2 is 1.84 bits per heavy atom. The van der Waals surface area contributed by atoms with Crippen LogP contribution in [0.15, 0.2) is 79.1 Å². The molecule has 2 aromatic carbocycles. The first-order valence-electron chi connectivity index (χ1n) is 10.4. The van der Waals surface area contributed by atoms with Crippen molar-refractivity contribution >= 4 is 16.8 Å². The second kappa shape index (κ2) is 9.49. The number of benzene rings is 2. The van der Waals surface area contributed by atoms with E-state index in [1.165, 1.54) is 0 Å². The highest BCUT2D eigenvalue weighted by Gasteiger charge is 2.14. The Kier molecular flexibility index (Phi) is 6.34. The molecule has 5 heteroatoms. The summed E-state index contributed by atoms with van der Waals surface area (Å²) >= 11 is 0. The molecular formula is C26H25N3O2. The first kappa shape index (κ1) is 20.7. The number of aromatic nitrogens is 2. The quantitative estimate of drug-likeness (QED) is 0.457. The van der Waals surface area contributed by atoms with Crippen LogP contribution in [-0.2, 0) is 17.9 Å². The lowest BCUT2D eigenvalue weighted by atomic mass is 10.0. The van der Waals surface area contributed by atoms with Gasteiger partial charge in [-0.05, 0) is 49.2 Å². The summed E-state index contributed by atoms with van der Waals surface area (Å²) in [6.45, 7) is 5.03. The molecule has 1 N–H and O–H groups in total. The molecule has 0 saturated carbocycles. The summed E-state index contributed by atoms with van der Waals surface area (Å²) in [5.74, 6) is -0.132. The minimum absolute atomic E-state index is 0.132. The van der Waals surface area contributed by atoms with E-state index in [0.717, 1.165) is 33.3 Å². The average molecular weight is 412 g/mol. The summed E-state index contributed by atoms with van der Waals surface area (Å²) < 4.78 is 5.68. The van der Waals surface area contributed by atoms with Crippen LogP contribution in [0, 0.1) is 0 Å². The molecule has 0 unspecified atom stereocenters. The minimum Gasteiger partial charge on any atom is -0.374 e. The van der Waals surface area contributed by atoms with Gasteiger partial charge < -0.3 is 10.1 Å². The van der Waals surface area contributed by atoms with Gasteiger partial charge in [-0.15, -0.1) is 0 Å². The van der Waals surface area contributed by atoms with Crippen molar-refractivity contribution in [2.45, 2.75) is 33.1 Å². The molecule has 0 fully saturated rings. The van der Waals surface area contributed by atoms with Crippen LogP contribution in [0.25, 0.3) is 22.2 Å². The summed E-state index contributed by atoms with van der Waals surface area (Å²) in [5, 5.41) is 3.88. The van der Waals surface area contributed by atoms with E-state index in [2.05, 4.69) is 16.4 Å². The summed E-state index contributed by atoms with van der Waals surface area (Å²) in [5.41, 5.74) is 5.10. The maximum atomic E-state index is 13.1. The molecule has 2 aromatic heterocycles. The van der Waals surface area contributed by atoms with Gasteiger partial charge in [0.2, 0.25) is 0 Å². The number of pyridine rings is 2. The SMILES string of the molecule is CC(C)OCc1cccc(CNC(=O)c2cc(-c3cccnc3)nc3ccccc23)c1. The first-order chi connectivity index (χ1) is 15.1. The van der Waals surface area contributed by atoms with Crippen molar-refractivity contribution in [3.05, 3.63) is 95.8 Å². The zero-order valence-corrected chi connectivity index (χ0v) is 17.7. The smallest absolute Gasteiger partial charge is 0.252 e. The Bertz CT molecular complexity index is 1190. The zero-order valence-electron chi connectivity index (χ0n) is 17.7. The Balaban J connectivity index is 1.57. The van der Waals surface area contributed by atoms with E-state index in [1.54, 1.807) is 12.4 Å². The number of amides is 1. The van der Waals surface area contributed by atoms with E-state index in [9.17, 15) is 4.79 Å². The lowest BCUT2D eigenvalue weighted by Gasteiger charge is -2.12. The number of ether oxygens (including phenoxy) is 1. The van der Waals surface area contributed by atoms with Gasteiger partial charge in [0, 0.05) is 29.9 Å². The topological polar surface area (TPSA) is 64.1 Å². The van der Waals surface area contributed by atoms with E-state index in [0.29, 0.717) is 18.7 Å². The Hall–Kier alpha value is -3.57. The Morgan fingerprint density at radius 3 is 2.65 bits per heavy atom. The molecule has 0 spiro atoms. The van der Waals surface area contributed by atoms with Gasteiger partial charge in [0.1, 0.15) is 0 Å². The molecular weight excluding hydrogens is 386 g/mol. The van der Waals surface area contributed by atoms with Crippen LogP contribution in [0.4, 0.5) is 0 Å². The molecule has 0 aliphatic rings. The van der Waals surface area contributed by atoms with Gasteiger partial charge in [-0.25, -0.2) is 4.98 Å². The summed E-state index contributed by atoms with van der Waals surface area (Å²) in [6.07, 6.45) is 3.65. The van der Waals surface area contributed by atoms with Crippen molar-refractivity contribution in [2.24, 2.45) is 0 Å². The number of fused-ring (bicyclic) bond motifs is 1. The van der Waals surface area contributed by atoms with Crippen LogP contribution in [0.1, 0.15) is 35.3 Å². The highest BCUT2D eigenvalue weighted by atomic mass is 16.5. The fourth-order valence-corrected chi connectivity index (χ4v) is 3.40. The molecule has 2 heterocycles. The molecule has 0 bridgehead atoms. The standard InChI is InChI=1S/C26H25N3O2/c1-18(2)31-17-20-8-5-7-19(13-20)15-28-26(30)23-14-25(21-9-6-12-27-16-21)29-24-11-4-3-10-22(23)24/h3-14,16,18H,15,17H2,1-2H3,(H,28,30). The van der Waals surface area contributed by atoms with E-state index < -0.39 is 0 Å². The third kappa shape index (κ3) is 5.13. The third-order valence-electron chi connectivity index (χ3n) is 4.95. The monoisotopic (exact) mass is 411 g/mol. The second-order valence-electron chi connectivity index (χ2n) is 7.68. The number of carbonyl (C=O) groups is 1. The zero-order chi connectivity index (χ0) is 21.6. The van der Waals surface area contributed by atoms with E-state index in [4.69, 9.17) is 9.72 Å². The van der Waals surface area contributed by atoms with Crippen molar-refractivity contribution in [3.8, 4) is 11.3 Å². The molecule has 31 heavy (non-hydrogen) atoms. The molecule has 4 rings (SSSR count). The van der Waals surface area contributed by atoms with Crippen LogP contribution < -0.4 is 5.32 Å². The molecule has 0 radical (unpaired) electrons. The first-order valence-corrected chi connectivity index (χ1v) is 10.4. The normalized spacial score (nSPS) is 11.1. The highest BCUT2D eigenvalue weighted by molar-refractivity contribution is 6.07. The van der Waals surface area contributed by atoms with Crippen molar-refractivity contribution in [2.75, 3.05) is 0 Å². The molecule has 0 saturated heterocycles. The van der Waals surface area contributed by atoms with Gasteiger partial charge in [-0.1, -0.05) is 42.5 Å². The van der Waals surface area contributed by atoms with Crippen molar-refractivity contribution in [1.82, 2.24) is 15.3 Å². The lowest BCUT2D eigenvalue weighted by Crippen LogP contribution is -2.23. The summed E-state index contributed by atoms with van der Waals surface area (Å²) in [7, 11) is 0. The van der Waals surface area contributed by atoms with Gasteiger partial charge >= 0.3 is 0 Å². The molecule has 1 amide bonds. The number of para-hydroxylation sites is 1. The van der Waals surface area contributed by atoms with Gasteiger partial charge in [-0.3, -0.25) is 9.78 Å². The van der Waals surface area contributed by atoms with Gasteiger partial charge in [0.05, 0.1) is 29.5 Å². The maximum absolute atomic E-state index is 13.1. The number of nitrogens with zero attached hydrogens (tertiary/aromatic N) is 2. The van der Waals surface area contributed by atoms with Crippen LogP contribution in [0.2, 0.25) is 0 Å². The minimum atomic E-state index is -0.132. The van der Waals surface area contributed by atoms with Gasteiger partial charge in [-0.2, -0.15) is 0 Å². The molecule has 0 atom stereocenters. The van der Waals surface area contributed by atoms with Crippen molar-refractivity contribution < 1.29 is 9.53 Å². The number of nitrogens with one attached hydrogen (secondary N) is 1. The predicted molar refractivity (Wildman–Crippen MR) is 123 cm³/mol. The number of rotatable bonds is 7. The molecule has 0 aliphatic heterocycles. The average Bonchev–Trinajstić information content (AvgIpc) is 2.81. The lowest BCUT2D eigenvalue weighted by molar-refractivity contribution is 0.0657. The fourth-order valence-electron chi connectivity index (χ4n) is 3.40. The number of hydrogen-bond donors (Lipinski definition) is 1. The van der Waals surface area contributed by atoms with Crippen LogP contribution in [0.3, 0.4) is 0 Å². The number of carbonyl (C=O) groups excluding carboxylic acids is 1. The van der Waals surface area contributed by atoms with Crippen LogP contribution in [-0.4, -0.2) is 22.0 Å². The maximum Gasteiger partial charge on any atom is 0.252 e. The Labute approximate surface area is 182 Å². The van der Waals surface area contributed by atoms with E-state index in [1.807, 2.05) is 74.5 Å². The number of hydrogen-bond acceptors (Lipinski definition) is 4. The predicted octanol–water partition coefficient (Wildman–Crippen LogP) is 5.15. The van der Waals surface area contributed by atoms with Crippen LogP contribution in [0.5, 0.6) is 0 Å². The fraction of sp³-hybridized carbons (Fsp3) is 0.192. The molecule has 0 aliphatic carbocycles. The van der Waals surface area contributed by atoms with Crippen molar-refractivity contribution in [3.63, 3.8) is 0 Å². The van der Waals surface area contributed by atoms with Crippen molar-refractivity contribution in [1.29, 1.82) is 0 Å². The van der Waals surface area contributed by atoms with Gasteiger partial charge in [0.25, 0.3) is 5.91 Å². The Morgan fingerprint density at radius 1 is 1.00 bits per heavy atom. The largest absolute Gasteiger partial charge is 0.374 e. The van der Waals surface area contributed by atoms with Crippen LogP contribution >= 0.6 is 0 Å². The molecule has 4 aromatic rings. The third-order valence-corrected chi connectivity index (χ3v) is 4.95. The molecule has 156 valence electrons. The second-order valence-corrected chi connectivity index (χ2v) is 7.68. The summed E-state index contributed by atoms with van der Waals surface area (Å²) in [6, 6.07) is 21.4. The molecule has 5 nitrogen and oxygen atoms in total.